The Morgan fingerprint density at radius 2 is 1.83 bits per heavy atom. The first kappa shape index (κ1) is 15.9. The molecule has 7 heteroatoms. The number of nitrogens with one attached hydrogen (secondary N) is 1. The number of pyridine rings is 1. The van der Waals surface area contributed by atoms with Crippen LogP contribution in [0.2, 0.25) is 0 Å². The second-order valence-electron chi connectivity index (χ2n) is 5.72. The molecule has 2 aromatic rings. The number of carbonyl (C=O) groups is 1. The van der Waals surface area contributed by atoms with Crippen molar-refractivity contribution in [2.45, 2.75) is 18.9 Å². The molecule has 1 N–H and O–H groups in total. The lowest BCUT2D eigenvalue weighted by Crippen LogP contribution is -2.44. The van der Waals surface area contributed by atoms with E-state index < -0.39 is 0 Å². The van der Waals surface area contributed by atoms with E-state index in [2.05, 4.69) is 10.3 Å². The highest BCUT2D eigenvalue weighted by Crippen LogP contribution is 2.29. The van der Waals surface area contributed by atoms with Crippen LogP contribution in [0.3, 0.4) is 0 Å². The van der Waals surface area contributed by atoms with Crippen molar-refractivity contribution in [3.8, 4) is 0 Å². The summed E-state index contributed by atoms with van der Waals surface area (Å²) in [5.74, 6) is -0.110. The first-order valence-electron chi connectivity index (χ1n) is 7.84. The summed E-state index contributed by atoms with van der Waals surface area (Å²) in [6.45, 7) is 1.35. The fraction of sp³-hybridized carbons (Fsp3) is 0.294. The molecular weight excluding hydrogens is 308 g/mol. The van der Waals surface area contributed by atoms with E-state index in [4.69, 9.17) is 0 Å². The summed E-state index contributed by atoms with van der Waals surface area (Å²) in [7, 11) is 0. The molecule has 0 aliphatic carbocycles. The highest BCUT2D eigenvalue weighted by molar-refractivity contribution is 5.94. The number of nitro groups is 1. The molecule has 0 atom stereocenters. The van der Waals surface area contributed by atoms with E-state index in [1.807, 2.05) is 4.90 Å². The first-order chi connectivity index (χ1) is 11.6. The normalized spacial score (nSPS) is 15.1. The Hall–Kier alpha value is -2.96. The summed E-state index contributed by atoms with van der Waals surface area (Å²) in [4.78, 5) is 28.9. The second-order valence-corrected chi connectivity index (χ2v) is 5.72. The fourth-order valence-electron chi connectivity index (χ4n) is 2.92. The zero-order chi connectivity index (χ0) is 16.9. The molecule has 0 radical (unpaired) electrons. The van der Waals surface area contributed by atoms with Crippen LogP contribution < -0.4 is 10.2 Å². The molecule has 0 unspecified atom stereocenters. The van der Waals surface area contributed by atoms with Gasteiger partial charge in [0.25, 0.3) is 11.6 Å². The van der Waals surface area contributed by atoms with Crippen LogP contribution in [0.25, 0.3) is 0 Å². The Labute approximate surface area is 139 Å². The van der Waals surface area contributed by atoms with Gasteiger partial charge < -0.3 is 10.2 Å². The quantitative estimate of drug-likeness (QED) is 0.688. The number of para-hydroxylation sites is 2. The molecule has 1 amide bonds. The van der Waals surface area contributed by atoms with Crippen molar-refractivity contribution in [1.82, 2.24) is 10.3 Å². The predicted molar refractivity (Wildman–Crippen MR) is 90.0 cm³/mol. The van der Waals surface area contributed by atoms with Gasteiger partial charge in [-0.2, -0.15) is 0 Å². The maximum Gasteiger partial charge on any atom is 0.292 e. The SMILES string of the molecule is O=C(NC1CCN(c2ccccc2[N+](=O)[O-])CC1)c1ccncc1. The molecule has 1 aromatic carbocycles. The summed E-state index contributed by atoms with van der Waals surface area (Å²) in [5, 5.41) is 14.2. The van der Waals surface area contributed by atoms with Gasteiger partial charge in [0.2, 0.25) is 0 Å². The topological polar surface area (TPSA) is 88.4 Å². The summed E-state index contributed by atoms with van der Waals surface area (Å²) in [6.07, 6.45) is 4.68. The minimum Gasteiger partial charge on any atom is -0.366 e. The van der Waals surface area contributed by atoms with Crippen LogP contribution in [0.15, 0.2) is 48.8 Å². The maximum atomic E-state index is 12.2. The zero-order valence-corrected chi connectivity index (χ0v) is 13.1. The Morgan fingerprint density at radius 3 is 2.50 bits per heavy atom. The number of nitro benzene ring substituents is 1. The molecule has 24 heavy (non-hydrogen) atoms. The van der Waals surface area contributed by atoms with Crippen molar-refractivity contribution in [3.63, 3.8) is 0 Å². The molecule has 0 spiro atoms. The third kappa shape index (κ3) is 3.51. The number of amides is 1. The van der Waals surface area contributed by atoms with Crippen molar-refractivity contribution in [2.24, 2.45) is 0 Å². The van der Waals surface area contributed by atoms with Crippen LogP contribution in [-0.2, 0) is 0 Å². The fourth-order valence-corrected chi connectivity index (χ4v) is 2.92. The van der Waals surface area contributed by atoms with Gasteiger partial charge in [-0.25, -0.2) is 0 Å². The number of hydrogen-bond acceptors (Lipinski definition) is 5. The molecule has 0 saturated carbocycles. The van der Waals surface area contributed by atoms with Gasteiger partial charge >= 0.3 is 0 Å². The first-order valence-corrected chi connectivity index (χ1v) is 7.84. The van der Waals surface area contributed by atoms with Gasteiger partial charge in [-0.1, -0.05) is 12.1 Å². The van der Waals surface area contributed by atoms with Crippen LogP contribution in [0.4, 0.5) is 11.4 Å². The van der Waals surface area contributed by atoms with Crippen LogP contribution in [0, 0.1) is 10.1 Å². The van der Waals surface area contributed by atoms with E-state index in [1.165, 1.54) is 6.07 Å². The minimum atomic E-state index is -0.355. The number of piperidine rings is 1. The van der Waals surface area contributed by atoms with Gasteiger partial charge in [-0.05, 0) is 31.0 Å². The molecule has 1 fully saturated rings. The Kier molecular flexibility index (Phi) is 4.69. The number of anilines is 1. The number of carbonyl (C=O) groups excluding carboxylic acids is 1. The summed E-state index contributed by atoms with van der Waals surface area (Å²) in [5.41, 5.74) is 1.35. The lowest BCUT2D eigenvalue weighted by atomic mass is 10.0. The molecule has 1 aliphatic rings. The second kappa shape index (κ2) is 7.08. The van der Waals surface area contributed by atoms with Crippen molar-refractivity contribution in [2.75, 3.05) is 18.0 Å². The number of hydrogen-bond donors (Lipinski definition) is 1. The summed E-state index contributed by atoms with van der Waals surface area (Å²) < 4.78 is 0. The van der Waals surface area contributed by atoms with Gasteiger partial charge in [0.15, 0.2) is 0 Å². The molecule has 1 aliphatic heterocycles. The molecule has 2 heterocycles. The standard InChI is InChI=1S/C17H18N4O3/c22-17(13-5-9-18-10-6-13)19-14-7-11-20(12-8-14)15-3-1-2-4-16(15)21(23)24/h1-6,9-10,14H,7-8,11-12H2,(H,19,22). The Bertz CT molecular complexity index is 728. The smallest absolute Gasteiger partial charge is 0.292 e. The monoisotopic (exact) mass is 326 g/mol. The van der Waals surface area contributed by atoms with E-state index >= 15 is 0 Å². The third-order valence-electron chi connectivity index (χ3n) is 4.19. The van der Waals surface area contributed by atoms with Crippen molar-refractivity contribution in [1.29, 1.82) is 0 Å². The van der Waals surface area contributed by atoms with Gasteiger partial charge in [0.05, 0.1) is 4.92 Å². The van der Waals surface area contributed by atoms with Gasteiger partial charge in [0, 0.05) is 43.2 Å². The lowest BCUT2D eigenvalue weighted by molar-refractivity contribution is -0.384. The lowest BCUT2D eigenvalue weighted by Gasteiger charge is -2.33. The van der Waals surface area contributed by atoms with Gasteiger partial charge in [-0.3, -0.25) is 19.9 Å². The van der Waals surface area contributed by atoms with E-state index in [1.54, 1.807) is 42.7 Å². The molecule has 3 rings (SSSR count). The number of aromatic nitrogens is 1. The molecular formula is C17H18N4O3. The average Bonchev–Trinajstić information content (AvgIpc) is 2.63. The van der Waals surface area contributed by atoms with Crippen LogP contribution in [-0.4, -0.2) is 34.9 Å². The Balaban J connectivity index is 1.60. The molecule has 124 valence electrons. The predicted octanol–water partition coefficient (Wildman–Crippen LogP) is 2.39. The highest BCUT2D eigenvalue weighted by Gasteiger charge is 2.25. The van der Waals surface area contributed by atoms with Crippen LogP contribution >= 0.6 is 0 Å². The average molecular weight is 326 g/mol. The molecule has 1 aromatic heterocycles. The zero-order valence-electron chi connectivity index (χ0n) is 13.1. The van der Waals surface area contributed by atoms with Gasteiger partial charge in [-0.15, -0.1) is 0 Å². The van der Waals surface area contributed by atoms with Crippen LogP contribution in [0.5, 0.6) is 0 Å². The molecule has 0 bridgehead atoms. The third-order valence-corrected chi connectivity index (χ3v) is 4.19. The maximum absolute atomic E-state index is 12.2. The molecule has 1 saturated heterocycles. The van der Waals surface area contributed by atoms with E-state index in [-0.39, 0.29) is 22.6 Å². The largest absolute Gasteiger partial charge is 0.366 e. The van der Waals surface area contributed by atoms with Crippen molar-refractivity contribution in [3.05, 3.63) is 64.5 Å². The van der Waals surface area contributed by atoms with E-state index in [9.17, 15) is 14.9 Å². The van der Waals surface area contributed by atoms with E-state index in [0.717, 1.165) is 12.8 Å². The summed E-state index contributed by atoms with van der Waals surface area (Å²) in [6, 6.07) is 10.2. The van der Waals surface area contributed by atoms with Crippen molar-refractivity contribution >= 4 is 17.3 Å². The van der Waals surface area contributed by atoms with Crippen LogP contribution in [0.1, 0.15) is 23.2 Å². The van der Waals surface area contributed by atoms with Crippen molar-refractivity contribution < 1.29 is 9.72 Å². The summed E-state index contributed by atoms with van der Waals surface area (Å²) >= 11 is 0. The number of benzene rings is 1. The van der Waals surface area contributed by atoms with Gasteiger partial charge in [0.1, 0.15) is 5.69 Å². The number of rotatable bonds is 4. The minimum absolute atomic E-state index is 0.0738. The molecule has 7 nitrogen and oxygen atoms in total. The highest BCUT2D eigenvalue weighted by atomic mass is 16.6. The number of nitrogens with zero attached hydrogens (tertiary/aromatic N) is 3. The van der Waals surface area contributed by atoms with E-state index in [0.29, 0.717) is 24.3 Å². The Morgan fingerprint density at radius 1 is 1.17 bits per heavy atom.